The number of carbonyl (C=O) groups is 1. The van der Waals surface area contributed by atoms with Gasteiger partial charge in [0.05, 0.1) is 0 Å². The molecule has 0 amide bonds. The molecule has 0 atom stereocenters. The third-order valence-electron chi connectivity index (χ3n) is 1.62. The molecule has 0 saturated carbocycles. The summed E-state index contributed by atoms with van der Waals surface area (Å²) in [4.78, 5) is 14.5. The minimum atomic E-state index is -0.304. The summed E-state index contributed by atoms with van der Waals surface area (Å²) in [6.07, 6.45) is 6.13. The molecule has 2 N–H and O–H groups in total. The molecule has 0 aliphatic carbocycles. The minimum Gasteiger partial charge on any atom is -0.373 e. The number of rotatable bonds is 6. The zero-order valence-corrected chi connectivity index (χ0v) is 9.60. The van der Waals surface area contributed by atoms with Gasteiger partial charge in [-0.2, -0.15) is 5.90 Å². The normalized spacial score (nSPS) is 8.83. The first kappa shape index (κ1) is 14.7. The van der Waals surface area contributed by atoms with E-state index in [1.807, 2.05) is 0 Å². The SMILES string of the molecule is CCCCCCCC(=O)ON.[Au]. The fourth-order valence-electron chi connectivity index (χ4n) is 0.932. The van der Waals surface area contributed by atoms with Gasteiger partial charge in [-0.05, 0) is 6.42 Å². The second-order valence-electron chi connectivity index (χ2n) is 2.65. The minimum absolute atomic E-state index is 0. The molecule has 3 nitrogen and oxygen atoms in total. The molecule has 0 saturated heterocycles. The van der Waals surface area contributed by atoms with Crippen LogP contribution in [-0.4, -0.2) is 5.97 Å². The van der Waals surface area contributed by atoms with E-state index in [-0.39, 0.29) is 28.3 Å². The van der Waals surface area contributed by atoms with Crippen LogP contribution in [0.2, 0.25) is 0 Å². The molecule has 0 fully saturated rings. The number of hydrogen-bond acceptors (Lipinski definition) is 3. The second kappa shape index (κ2) is 11.2. The molecule has 0 aromatic carbocycles. The van der Waals surface area contributed by atoms with Gasteiger partial charge in [-0.1, -0.05) is 32.6 Å². The van der Waals surface area contributed by atoms with Crippen molar-refractivity contribution in [2.24, 2.45) is 5.90 Å². The van der Waals surface area contributed by atoms with E-state index in [0.717, 1.165) is 12.8 Å². The monoisotopic (exact) mass is 356 g/mol. The van der Waals surface area contributed by atoms with Gasteiger partial charge in [0.2, 0.25) is 0 Å². The van der Waals surface area contributed by atoms with Crippen LogP contribution in [0.1, 0.15) is 45.4 Å². The first-order valence-electron chi connectivity index (χ1n) is 4.20. The summed E-state index contributed by atoms with van der Waals surface area (Å²) in [6, 6.07) is 0. The topological polar surface area (TPSA) is 52.3 Å². The van der Waals surface area contributed by atoms with Crippen molar-refractivity contribution in [1.82, 2.24) is 0 Å². The number of carbonyl (C=O) groups excluding carboxylic acids is 1. The molecular weight excluding hydrogens is 339 g/mol. The van der Waals surface area contributed by atoms with Gasteiger partial charge in [0.15, 0.2) is 0 Å². The smallest absolute Gasteiger partial charge is 0.324 e. The van der Waals surface area contributed by atoms with Gasteiger partial charge in [0.1, 0.15) is 0 Å². The first-order chi connectivity index (χ1) is 5.31. The molecule has 0 bridgehead atoms. The Bertz CT molecular complexity index is 109. The first-order valence-corrected chi connectivity index (χ1v) is 4.20. The van der Waals surface area contributed by atoms with Gasteiger partial charge < -0.3 is 4.84 Å². The Morgan fingerprint density at radius 1 is 1.25 bits per heavy atom. The second-order valence-corrected chi connectivity index (χ2v) is 2.65. The Labute approximate surface area is 89.5 Å². The molecule has 4 heteroatoms. The number of unbranched alkanes of at least 4 members (excludes halogenated alkanes) is 4. The van der Waals surface area contributed by atoms with Crippen molar-refractivity contribution in [2.45, 2.75) is 45.4 Å². The molecular formula is C8H17AuNO2. The van der Waals surface area contributed by atoms with E-state index in [1.165, 1.54) is 19.3 Å². The van der Waals surface area contributed by atoms with Crippen LogP contribution >= 0.6 is 0 Å². The predicted molar refractivity (Wildman–Crippen MR) is 43.7 cm³/mol. The zero-order chi connectivity index (χ0) is 8.53. The van der Waals surface area contributed by atoms with E-state index in [2.05, 4.69) is 17.7 Å². The fraction of sp³-hybridized carbons (Fsp3) is 0.875. The molecule has 77 valence electrons. The van der Waals surface area contributed by atoms with Gasteiger partial charge in [0.25, 0.3) is 0 Å². The van der Waals surface area contributed by atoms with E-state index >= 15 is 0 Å². The van der Waals surface area contributed by atoms with Crippen LogP contribution in [0.4, 0.5) is 0 Å². The zero-order valence-electron chi connectivity index (χ0n) is 7.44. The number of hydrogen-bond donors (Lipinski definition) is 1. The maximum Gasteiger partial charge on any atom is 0.324 e. The molecule has 12 heavy (non-hydrogen) atoms. The van der Waals surface area contributed by atoms with Gasteiger partial charge >= 0.3 is 5.97 Å². The van der Waals surface area contributed by atoms with Crippen LogP contribution in [0.25, 0.3) is 0 Å². The molecule has 0 aliphatic rings. The van der Waals surface area contributed by atoms with Gasteiger partial charge in [-0.25, -0.2) is 0 Å². The van der Waals surface area contributed by atoms with Gasteiger partial charge in [-0.3, -0.25) is 4.79 Å². The van der Waals surface area contributed by atoms with Crippen molar-refractivity contribution in [3.63, 3.8) is 0 Å². The van der Waals surface area contributed by atoms with Crippen molar-refractivity contribution in [1.29, 1.82) is 0 Å². The number of nitrogens with two attached hydrogens (primary N) is 1. The largest absolute Gasteiger partial charge is 0.373 e. The third kappa shape index (κ3) is 10.2. The summed E-state index contributed by atoms with van der Waals surface area (Å²) in [6.45, 7) is 2.16. The molecule has 1 radical (unpaired) electrons. The molecule has 0 aromatic heterocycles. The van der Waals surface area contributed by atoms with E-state index in [9.17, 15) is 4.79 Å². The van der Waals surface area contributed by atoms with Crippen molar-refractivity contribution in [3.05, 3.63) is 0 Å². The average Bonchev–Trinajstić information content (AvgIpc) is 2.04. The van der Waals surface area contributed by atoms with Gasteiger partial charge in [0, 0.05) is 28.8 Å². The molecule has 0 aliphatic heterocycles. The Morgan fingerprint density at radius 3 is 2.33 bits per heavy atom. The van der Waals surface area contributed by atoms with E-state index in [4.69, 9.17) is 0 Å². The van der Waals surface area contributed by atoms with E-state index in [0.29, 0.717) is 6.42 Å². The molecule has 0 spiro atoms. The fourth-order valence-corrected chi connectivity index (χ4v) is 0.932. The Hall–Kier alpha value is 0.170. The van der Waals surface area contributed by atoms with Crippen LogP contribution in [0.3, 0.4) is 0 Å². The summed E-state index contributed by atoms with van der Waals surface area (Å²) in [5, 5.41) is 0. The summed E-state index contributed by atoms with van der Waals surface area (Å²) < 4.78 is 0. The quantitative estimate of drug-likeness (QED) is 0.448. The summed E-state index contributed by atoms with van der Waals surface area (Å²) in [7, 11) is 0. The predicted octanol–water partition coefficient (Wildman–Crippen LogP) is 1.76. The van der Waals surface area contributed by atoms with Crippen molar-refractivity contribution in [3.8, 4) is 0 Å². The summed E-state index contributed by atoms with van der Waals surface area (Å²) in [5.41, 5.74) is 0. The van der Waals surface area contributed by atoms with E-state index in [1.54, 1.807) is 0 Å². The summed E-state index contributed by atoms with van der Waals surface area (Å²) in [5.74, 6) is 4.36. The Balaban J connectivity index is 0. The Morgan fingerprint density at radius 2 is 1.83 bits per heavy atom. The summed E-state index contributed by atoms with van der Waals surface area (Å²) >= 11 is 0. The molecule has 0 aromatic rings. The van der Waals surface area contributed by atoms with Crippen LogP contribution in [0.5, 0.6) is 0 Å². The Kier molecular flexibility index (Phi) is 13.7. The third-order valence-corrected chi connectivity index (χ3v) is 1.62. The van der Waals surface area contributed by atoms with E-state index < -0.39 is 0 Å². The van der Waals surface area contributed by atoms with Crippen LogP contribution in [0, 0.1) is 0 Å². The molecule has 0 rings (SSSR count). The van der Waals surface area contributed by atoms with Crippen LogP contribution in [-0.2, 0) is 32.0 Å². The maximum atomic E-state index is 10.5. The van der Waals surface area contributed by atoms with Crippen molar-refractivity contribution >= 4 is 5.97 Å². The van der Waals surface area contributed by atoms with Crippen molar-refractivity contribution in [2.75, 3.05) is 0 Å². The van der Waals surface area contributed by atoms with Crippen molar-refractivity contribution < 1.29 is 32.0 Å². The molecule has 0 unspecified atom stereocenters. The van der Waals surface area contributed by atoms with Crippen LogP contribution < -0.4 is 5.90 Å². The maximum absolute atomic E-state index is 10.5. The van der Waals surface area contributed by atoms with Crippen LogP contribution in [0.15, 0.2) is 0 Å². The molecule has 0 heterocycles. The average molecular weight is 356 g/mol. The van der Waals surface area contributed by atoms with Gasteiger partial charge in [-0.15, -0.1) is 0 Å². The standard InChI is InChI=1S/C8H17NO2.Au/c1-2-3-4-5-6-7-8(10)11-9;/h2-7,9H2,1H3;.